The second-order valence-corrected chi connectivity index (χ2v) is 6.73. The Hall–Kier alpha value is -3.13. The lowest BCUT2D eigenvalue weighted by Gasteiger charge is -2.15. The molecule has 8 nitrogen and oxygen atoms in total. The highest BCUT2D eigenvalue weighted by Gasteiger charge is 2.18. The van der Waals surface area contributed by atoms with Crippen LogP contribution < -0.4 is 21.7 Å². The first kappa shape index (κ1) is 18.7. The van der Waals surface area contributed by atoms with Crippen molar-refractivity contribution in [1.82, 2.24) is 9.97 Å². The number of aliphatic imine (C=N–C) groups is 1. The Morgan fingerprint density at radius 2 is 2.22 bits per heavy atom. The van der Waals surface area contributed by atoms with Gasteiger partial charge in [0.25, 0.3) is 0 Å². The van der Waals surface area contributed by atoms with Crippen LogP contribution in [0.25, 0.3) is 11.0 Å². The van der Waals surface area contributed by atoms with E-state index in [4.69, 9.17) is 11.5 Å². The van der Waals surface area contributed by atoms with Crippen molar-refractivity contribution in [1.29, 1.82) is 0 Å². The molecule has 6 N–H and O–H groups in total. The minimum absolute atomic E-state index is 0.0293. The Morgan fingerprint density at radius 1 is 1.41 bits per heavy atom. The van der Waals surface area contributed by atoms with Crippen molar-refractivity contribution >= 4 is 28.9 Å². The zero-order valence-corrected chi connectivity index (χ0v) is 15.5. The van der Waals surface area contributed by atoms with Gasteiger partial charge in [0.15, 0.2) is 0 Å². The number of nitrogens with zero attached hydrogens (tertiary/aromatic N) is 4. The largest absolute Gasteiger partial charge is 0.404 e. The maximum Gasteiger partial charge on any atom is 0.132 e. The lowest BCUT2D eigenvalue weighted by atomic mass is 10.0. The molecule has 142 valence electrons. The molecule has 3 rings (SSSR count). The van der Waals surface area contributed by atoms with Gasteiger partial charge in [-0.1, -0.05) is 13.8 Å². The number of hydrogen-bond acceptors (Lipinski definition) is 8. The Labute approximate surface area is 158 Å². The van der Waals surface area contributed by atoms with Gasteiger partial charge in [-0.05, 0) is 42.0 Å². The number of aromatic nitrogens is 2. The summed E-state index contributed by atoms with van der Waals surface area (Å²) in [5, 5.41) is 12.3. The van der Waals surface area contributed by atoms with Crippen molar-refractivity contribution < 1.29 is 5.11 Å². The number of nitrogens with two attached hydrogens (primary N) is 2. The van der Waals surface area contributed by atoms with E-state index in [0.717, 1.165) is 22.3 Å². The van der Waals surface area contributed by atoms with E-state index < -0.39 is 0 Å². The maximum atomic E-state index is 9.23. The van der Waals surface area contributed by atoms with Crippen molar-refractivity contribution in [3.63, 3.8) is 0 Å². The molecule has 8 heteroatoms. The molecule has 2 aromatic rings. The molecular formula is C19H25N7O. The van der Waals surface area contributed by atoms with E-state index in [-0.39, 0.29) is 18.6 Å². The number of aliphatic hydroxyl groups excluding tert-OH is 1. The molecule has 3 heterocycles. The molecule has 0 aliphatic carbocycles. The first-order valence-electron chi connectivity index (χ1n) is 8.83. The molecule has 1 aliphatic rings. The summed E-state index contributed by atoms with van der Waals surface area (Å²) in [6.45, 7) is 4.75. The van der Waals surface area contributed by atoms with Crippen LogP contribution in [0.5, 0.6) is 0 Å². The molecule has 0 saturated heterocycles. The summed E-state index contributed by atoms with van der Waals surface area (Å²) in [5.74, 6) is 1.36. The fraction of sp³-hybridized carbons (Fsp3) is 0.316. The van der Waals surface area contributed by atoms with Crippen LogP contribution in [0.15, 0.2) is 53.1 Å². The Morgan fingerprint density at radius 3 is 2.89 bits per heavy atom. The highest BCUT2D eigenvalue weighted by molar-refractivity contribution is 5.86. The quantitative estimate of drug-likeness (QED) is 0.571. The summed E-state index contributed by atoms with van der Waals surface area (Å²) in [5.41, 5.74) is 15.1. The van der Waals surface area contributed by atoms with Crippen LogP contribution in [0.3, 0.4) is 0 Å². The number of anilines is 2. The Bertz CT molecular complexity index is 904. The van der Waals surface area contributed by atoms with Gasteiger partial charge >= 0.3 is 0 Å². The lowest BCUT2D eigenvalue weighted by Crippen LogP contribution is -2.24. The van der Waals surface area contributed by atoms with Gasteiger partial charge in [-0.2, -0.15) is 0 Å². The topological polar surface area (TPSA) is 126 Å². The van der Waals surface area contributed by atoms with Crippen LogP contribution in [0, 0.1) is 5.92 Å². The maximum absolute atomic E-state index is 9.23. The summed E-state index contributed by atoms with van der Waals surface area (Å²) in [6.07, 6.45) is 6.86. The fourth-order valence-corrected chi connectivity index (χ4v) is 2.77. The molecule has 1 unspecified atom stereocenters. The smallest absolute Gasteiger partial charge is 0.132 e. The summed E-state index contributed by atoms with van der Waals surface area (Å²) >= 11 is 0. The van der Waals surface area contributed by atoms with E-state index in [9.17, 15) is 5.11 Å². The van der Waals surface area contributed by atoms with Crippen LogP contribution in [0.2, 0.25) is 0 Å². The molecule has 0 aromatic carbocycles. The molecule has 0 amide bonds. The first-order valence-corrected chi connectivity index (χ1v) is 8.83. The van der Waals surface area contributed by atoms with Gasteiger partial charge in [-0.15, -0.1) is 0 Å². The third kappa shape index (κ3) is 4.35. The zero-order chi connectivity index (χ0) is 19.4. The van der Waals surface area contributed by atoms with E-state index in [0.29, 0.717) is 18.2 Å². The molecule has 27 heavy (non-hydrogen) atoms. The second-order valence-electron chi connectivity index (χ2n) is 6.73. The van der Waals surface area contributed by atoms with E-state index in [2.05, 4.69) is 20.3 Å². The summed E-state index contributed by atoms with van der Waals surface area (Å²) < 4.78 is 0. The fourth-order valence-electron chi connectivity index (χ4n) is 2.77. The minimum atomic E-state index is -0.0997. The standard InChI is InChI=1S/C19H25N7O/c1-12(2)13(7-20)5-18(21)25-19-4-3-16-17(24-19)6-15(8-22-16)26-9-14(10-27)23-11-26/h3-8,11-12,14,27H,9-10,20-21H2,1-2H3,(H,24,25)/b13-7+,18-5+. The van der Waals surface area contributed by atoms with Crippen molar-refractivity contribution in [2.75, 3.05) is 23.4 Å². The van der Waals surface area contributed by atoms with Gasteiger partial charge in [0.05, 0.1) is 41.9 Å². The molecule has 0 spiro atoms. The zero-order valence-electron chi connectivity index (χ0n) is 15.5. The van der Waals surface area contributed by atoms with Gasteiger partial charge in [-0.3, -0.25) is 9.98 Å². The van der Waals surface area contributed by atoms with Crippen LogP contribution in [-0.2, 0) is 0 Å². The number of hydrogen-bond donors (Lipinski definition) is 4. The van der Waals surface area contributed by atoms with Crippen molar-refractivity contribution in [3.05, 3.63) is 48.1 Å². The van der Waals surface area contributed by atoms with E-state index in [1.54, 1.807) is 24.8 Å². The van der Waals surface area contributed by atoms with Gasteiger partial charge in [0.2, 0.25) is 0 Å². The second kappa shape index (κ2) is 8.05. The monoisotopic (exact) mass is 367 g/mol. The minimum Gasteiger partial charge on any atom is -0.404 e. The predicted octanol–water partition coefficient (Wildman–Crippen LogP) is 1.55. The van der Waals surface area contributed by atoms with Crippen molar-refractivity contribution in [2.45, 2.75) is 19.9 Å². The molecule has 1 aliphatic heterocycles. The summed E-state index contributed by atoms with van der Waals surface area (Å²) in [4.78, 5) is 15.3. The van der Waals surface area contributed by atoms with E-state index in [1.807, 2.05) is 36.9 Å². The number of nitrogens with one attached hydrogen (secondary N) is 1. The average Bonchev–Trinajstić information content (AvgIpc) is 3.14. The van der Waals surface area contributed by atoms with Gasteiger partial charge in [-0.25, -0.2) is 4.98 Å². The third-order valence-electron chi connectivity index (χ3n) is 4.34. The van der Waals surface area contributed by atoms with Crippen molar-refractivity contribution in [2.24, 2.45) is 22.4 Å². The Kier molecular flexibility index (Phi) is 5.56. The molecule has 0 saturated carbocycles. The van der Waals surface area contributed by atoms with Crippen LogP contribution in [0.1, 0.15) is 13.8 Å². The van der Waals surface area contributed by atoms with E-state index in [1.165, 1.54) is 0 Å². The predicted molar refractivity (Wildman–Crippen MR) is 109 cm³/mol. The van der Waals surface area contributed by atoms with Crippen molar-refractivity contribution in [3.8, 4) is 0 Å². The van der Waals surface area contributed by atoms with Gasteiger partial charge in [0.1, 0.15) is 11.6 Å². The first-order chi connectivity index (χ1) is 13.0. The molecular weight excluding hydrogens is 342 g/mol. The normalized spacial score (nSPS) is 17.9. The Balaban J connectivity index is 1.82. The summed E-state index contributed by atoms with van der Waals surface area (Å²) in [6, 6.07) is 5.56. The number of pyridine rings is 2. The van der Waals surface area contributed by atoms with Crippen LogP contribution in [0.4, 0.5) is 11.5 Å². The molecule has 0 bridgehead atoms. The lowest BCUT2D eigenvalue weighted by molar-refractivity contribution is 0.273. The average molecular weight is 367 g/mol. The number of rotatable bonds is 6. The number of allylic oxidation sites excluding steroid dienone is 2. The van der Waals surface area contributed by atoms with Gasteiger partial charge in [0, 0.05) is 6.54 Å². The number of fused-ring (bicyclic) bond motifs is 1. The summed E-state index contributed by atoms with van der Waals surface area (Å²) in [7, 11) is 0. The van der Waals surface area contributed by atoms with E-state index >= 15 is 0 Å². The molecule has 1 atom stereocenters. The molecule has 0 fully saturated rings. The third-order valence-corrected chi connectivity index (χ3v) is 4.34. The highest BCUT2D eigenvalue weighted by Crippen LogP contribution is 2.22. The number of aliphatic hydroxyl groups is 1. The van der Waals surface area contributed by atoms with Gasteiger partial charge < -0.3 is 26.8 Å². The highest BCUT2D eigenvalue weighted by atomic mass is 16.3. The van der Waals surface area contributed by atoms with Crippen LogP contribution in [-0.4, -0.2) is 40.6 Å². The SMILES string of the molecule is CC(C)C(=C/N)/C=C(\N)Nc1ccc2ncc(N3C=NC(CO)C3)cc2n1. The van der Waals surface area contributed by atoms with Crippen LogP contribution >= 0.6 is 0 Å². The molecule has 2 aromatic heterocycles. The molecule has 0 radical (unpaired) electrons.